The highest BCUT2D eigenvalue weighted by Crippen LogP contribution is 2.18. The summed E-state index contributed by atoms with van der Waals surface area (Å²) in [4.78, 5) is 35.7. The minimum atomic E-state index is -0.517. The molecule has 1 fully saturated rings. The Hall–Kier alpha value is -3.28. The Morgan fingerprint density at radius 3 is 2.65 bits per heavy atom. The first kappa shape index (κ1) is 16.2. The lowest BCUT2D eigenvalue weighted by Gasteiger charge is -2.35. The van der Waals surface area contributed by atoms with Crippen molar-refractivity contribution in [3.05, 3.63) is 72.1 Å². The number of fused-ring (bicyclic) bond motifs is 1. The molecule has 0 radical (unpaired) electrons. The number of rotatable bonds is 3. The zero-order chi connectivity index (χ0) is 17.9. The van der Waals surface area contributed by atoms with Crippen molar-refractivity contribution < 1.29 is 9.59 Å². The molecule has 1 saturated heterocycles. The van der Waals surface area contributed by atoms with E-state index in [4.69, 9.17) is 0 Å². The fraction of sp³-hybridized carbons (Fsp3) is 0.200. The molecule has 4 rings (SSSR count). The summed E-state index contributed by atoms with van der Waals surface area (Å²) < 4.78 is 0. The van der Waals surface area contributed by atoms with E-state index in [0.29, 0.717) is 30.6 Å². The molecule has 0 saturated carbocycles. The number of carbonyl (C=O) groups excluding carboxylic acids is 2. The molecule has 1 N–H and O–H groups in total. The topological polar surface area (TPSA) is 75.2 Å². The zero-order valence-electron chi connectivity index (χ0n) is 14.1. The fourth-order valence-electron chi connectivity index (χ4n) is 3.26. The van der Waals surface area contributed by atoms with Crippen LogP contribution in [-0.2, 0) is 11.2 Å². The molecule has 1 atom stereocenters. The van der Waals surface area contributed by atoms with E-state index >= 15 is 0 Å². The third-order valence-electron chi connectivity index (χ3n) is 4.58. The predicted molar refractivity (Wildman–Crippen MR) is 97.5 cm³/mol. The molecule has 1 aliphatic rings. The molecule has 2 aromatic carbocycles. The third kappa shape index (κ3) is 3.13. The quantitative estimate of drug-likeness (QED) is 0.785. The summed E-state index contributed by atoms with van der Waals surface area (Å²) in [6.07, 6.45) is 3.71. The first-order chi connectivity index (χ1) is 12.7. The Kier molecular flexibility index (Phi) is 4.31. The van der Waals surface area contributed by atoms with Gasteiger partial charge in [-0.15, -0.1) is 0 Å². The van der Waals surface area contributed by atoms with E-state index in [2.05, 4.69) is 15.3 Å². The molecule has 0 unspecified atom stereocenters. The number of hydrogen-bond acceptors (Lipinski definition) is 4. The van der Waals surface area contributed by atoms with Crippen molar-refractivity contribution in [2.45, 2.75) is 12.5 Å². The van der Waals surface area contributed by atoms with Gasteiger partial charge < -0.3 is 10.2 Å². The Balaban J connectivity index is 1.63. The molecule has 1 aromatic heterocycles. The van der Waals surface area contributed by atoms with Gasteiger partial charge in [-0.05, 0) is 23.8 Å². The Morgan fingerprint density at radius 2 is 1.85 bits per heavy atom. The zero-order valence-corrected chi connectivity index (χ0v) is 14.1. The summed E-state index contributed by atoms with van der Waals surface area (Å²) in [5.41, 5.74) is 2.95. The summed E-state index contributed by atoms with van der Waals surface area (Å²) >= 11 is 0. The standard InChI is InChI=1S/C20H18N4O2/c25-19-18(12-14-4-2-1-3-5-14)24(11-10-23-19)20(26)15-6-7-16-17(13-15)22-9-8-21-16/h1-9,13,18H,10-12H2,(H,23,25)/t18-/m1/s1. The maximum atomic E-state index is 13.1. The van der Waals surface area contributed by atoms with Crippen LogP contribution in [-0.4, -0.2) is 45.8 Å². The van der Waals surface area contributed by atoms with Gasteiger partial charge in [0.25, 0.3) is 5.91 Å². The van der Waals surface area contributed by atoms with Gasteiger partial charge in [0.1, 0.15) is 6.04 Å². The maximum absolute atomic E-state index is 13.1. The Labute approximate surface area is 150 Å². The van der Waals surface area contributed by atoms with E-state index in [-0.39, 0.29) is 11.8 Å². The van der Waals surface area contributed by atoms with E-state index in [9.17, 15) is 9.59 Å². The van der Waals surface area contributed by atoms with Gasteiger partial charge in [-0.2, -0.15) is 0 Å². The minimum absolute atomic E-state index is 0.117. The van der Waals surface area contributed by atoms with Crippen molar-refractivity contribution in [3.63, 3.8) is 0 Å². The van der Waals surface area contributed by atoms with Crippen LogP contribution in [0.4, 0.5) is 0 Å². The number of hydrogen-bond donors (Lipinski definition) is 1. The number of nitrogens with zero attached hydrogens (tertiary/aromatic N) is 3. The van der Waals surface area contributed by atoms with Crippen LogP contribution < -0.4 is 5.32 Å². The second kappa shape index (κ2) is 6.92. The Bertz CT molecular complexity index is 958. The Morgan fingerprint density at radius 1 is 1.08 bits per heavy atom. The summed E-state index contributed by atoms with van der Waals surface area (Å²) in [7, 11) is 0. The number of nitrogens with one attached hydrogen (secondary N) is 1. The average Bonchev–Trinajstić information content (AvgIpc) is 2.69. The monoisotopic (exact) mass is 346 g/mol. The van der Waals surface area contributed by atoms with Crippen LogP contribution in [0.15, 0.2) is 60.9 Å². The highest BCUT2D eigenvalue weighted by molar-refractivity contribution is 6.00. The molecule has 0 aliphatic carbocycles. The number of amides is 2. The van der Waals surface area contributed by atoms with Crippen molar-refractivity contribution in [1.29, 1.82) is 0 Å². The maximum Gasteiger partial charge on any atom is 0.254 e. The van der Waals surface area contributed by atoms with Crippen molar-refractivity contribution >= 4 is 22.8 Å². The lowest BCUT2D eigenvalue weighted by atomic mass is 10.0. The van der Waals surface area contributed by atoms with Crippen LogP contribution in [0.2, 0.25) is 0 Å². The van der Waals surface area contributed by atoms with Gasteiger partial charge in [-0.1, -0.05) is 30.3 Å². The lowest BCUT2D eigenvalue weighted by molar-refractivity contribution is -0.127. The summed E-state index contributed by atoms with van der Waals surface area (Å²) in [5.74, 6) is -0.276. The van der Waals surface area contributed by atoms with Crippen LogP contribution in [0.3, 0.4) is 0 Å². The molecule has 0 bridgehead atoms. The van der Waals surface area contributed by atoms with Crippen LogP contribution in [0.5, 0.6) is 0 Å². The minimum Gasteiger partial charge on any atom is -0.353 e. The molecule has 6 nitrogen and oxygen atoms in total. The number of benzene rings is 2. The molecule has 0 spiro atoms. The van der Waals surface area contributed by atoms with Crippen molar-refractivity contribution in [3.8, 4) is 0 Å². The number of aromatic nitrogens is 2. The normalized spacial score (nSPS) is 17.2. The van der Waals surface area contributed by atoms with Gasteiger partial charge in [-0.25, -0.2) is 0 Å². The van der Waals surface area contributed by atoms with Gasteiger partial charge >= 0.3 is 0 Å². The van der Waals surface area contributed by atoms with E-state index in [1.54, 1.807) is 35.5 Å². The van der Waals surface area contributed by atoms with Crippen LogP contribution >= 0.6 is 0 Å². The largest absolute Gasteiger partial charge is 0.353 e. The highest BCUT2D eigenvalue weighted by Gasteiger charge is 2.33. The first-order valence-electron chi connectivity index (χ1n) is 8.56. The molecule has 2 heterocycles. The van der Waals surface area contributed by atoms with Gasteiger partial charge in [-0.3, -0.25) is 19.6 Å². The van der Waals surface area contributed by atoms with E-state index in [1.165, 1.54) is 0 Å². The smallest absolute Gasteiger partial charge is 0.254 e. The molecular weight excluding hydrogens is 328 g/mol. The molecule has 26 heavy (non-hydrogen) atoms. The van der Waals surface area contributed by atoms with Gasteiger partial charge in [0.2, 0.25) is 5.91 Å². The third-order valence-corrected chi connectivity index (χ3v) is 4.58. The van der Waals surface area contributed by atoms with Crippen LogP contribution in [0.25, 0.3) is 11.0 Å². The second-order valence-corrected chi connectivity index (χ2v) is 6.25. The van der Waals surface area contributed by atoms with Crippen molar-refractivity contribution in [2.24, 2.45) is 0 Å². The van der Waals surface area contributed by atoms with Gasteiger partial charge in [0.15, 0.2) is 0 Å². The first-order valence-corrected chi connectivity index (χ1v) is 8.56. The van der Waals surface area contributed by atoms with Gasteiger partial charge in [0, 0.05) is 37.5 Å². The van der Waals surface area contributed by atoms with E-state index in [1.807, 2.05) is 30.3 Å². The fourth-order valence-corrected chi connectivity index (χ4v) is 3.26. The second-order valence-electron chi connectivity index (χ2n) is 6.25. The summed E-state index contributed by atoms with van der Waals surface area (Å²) in [5, 5.41) is 2.86. The van der Waals surface area contributed by atoms with Crippen molar-refractivity contribution in [2.75, 3.05) is 13.1 Å². The SMILES string of the molecule is O=C1NCCN(C(=O)c2ccc3nccnc3c2)[C@@H]1Cc1ccccc1. The van der Waals surface area contributed by atoms with Crippen molar-refractivity contribution in [1.82, 2.24) is 20.2 Å². The number of piperazine rings is 1. The molecule has 2 amide bonds. The number of carbonyl (C=O) groups is 2. The summed E-state index contributed by atoms with van der Waals surface area (Å²) in [6, 6.07) is 14.5. The molecular formula is C20H18N4O2. The molecule has 6 heteroatoms. The molecule has 3 aromatic rings. The molecule has 130 valence electrons. The van der Waals surface area contributed by atoms with Gasteiger partial charge in [0.05, 0.1) is 11.0 Å². The van der Waals surface area contributed by atoms with E-state index in [0.717, 1.165) is 11.1 Å². The molecule has 1 aliphatic heterocycles. The highest BCUT2D eigenvalue weighted by atomic mass is 16.2. The van der Waals surface area contributed by atoms with Crippen LogP contribution in [0, 0.1) is 0 Å². The average molecular weight is 346 g/mol. The van der Waals surface area contributed by atoms with E-state index < -0.39 is 6.04 Å². The van der Waals surface area contributed by atoms with Crippen LogP contribution in [0.1, 0.15) is 15.9 Å². The predicted octanol–water partition coefficient (Wildman–Crippen LogP) is 1.81. The lowest BCUT2D eigenvalue weighted by Crippen LogP contribution is -2.58. The summed E-state index contributed by atoms with van der Waals surface area (Å²) in [6.45, 7) is 0.948.